The van der Waals surface area contributed by atoms with Gasteiger partial charge in [0.15, 0.2) is 0 Å². The summed E-state index contributed by atoms with van der Waals surface area (Å²) in [6.45, 7) is 0.233. The number of para-hydroxylation sites is 1. The first-order chi connectivity index (χ1) is 10.3. The number of benzene rings is 1. The number of H-pyrrole nitrogens is 1. The van der Waals surface area contributed by atoms with E-state index in [1.54, 1.807) is 4.90 Å². The fourth-order valence-electron chi connectivity index (χ4n) is 2.80. The molecule has 0 unspecified atom stereocenters. The molecule has 21 heavy (non-hydrogen) atoms. The normalized spacial score (nSPS) is 14.0. The summed E-state index contributed by atoms with van der Waals surface area (Å²) >= 11 is 0. The smallest absolute Gasteiger partial charge is 0.223 e. The second-order valence-electron chi connectivity index (χ2n) is 5.62. The van der Waals surface area contributed by atoms with Crippen LogP contribution in [-0.2, 0) is 11.2 Å². The molecule has 1 fully saturated rings. The SMILES string of the molecule is N#CCN(C(=O)CCCc1c[nH]c2ccccc12)C1CC1. The van der Waals surface area contributed by atoms with Crippen LogP contribution in [0.15, 0.2) is 30.5 Å². The minimum atomic E-state index is 0.124. The molecular formula is C17H19N3O. The minimum absolute atomic E-state index is 0.124. The zero-order valence-electron chi connectivity index (χ0n) is 12.0. The van der Waals surface area contributed by atoms with Crippen molar-refractivity contribution >= 4 is 16.8 Å². The molecule has 3 rings (SSSR count). The molecule has 0 atom stereocenters. The molecule has 0 radical (unpaired) electrons. The third-order valence-electron chi connectivity index (χ3n) is 4.06. The van der Waals surface area contributed by atoms with Crippen LogP contribution >= 0.6 is 0 Å². The van der Waals surface area contributed by atoms with E-state index in [2.05, 4.69) is 23.2 Å². The van der Waals surface area contributed by atoms with E-state index in [1.807, 2.05) is 18.3 Å². The Labute approximate surface area is 124 Å². The van der Waals surface area contributed by atoms with Crippen molar-refractivity contribution in [1.82, 2.24) is 9.88 Å². The Morgan fingerprint density at radius 1 is 1.38 bits per heavy atom. The van der Waals surface area contributed by atoms with E-state index in [0.717, 1.165) is 31.2 Å². The molecule has 1 aliphatic rings. The number of carbonyl (C=O) groups excluding carboxylic acids is 1. The van der Waals surface area contributed by atoms with Gasteiger partial charge in [0.1, 0.15) is 6.54 Å². The van der Waals surface area contributed by atoms with Gasteiger partial charge in [0.2, 0.25) is 5.91 Å². The number of hydrogen-bond acceptors (Lipinski definition) is 2. The summed E-state index contributed by atoms with van der Waals surface area (Å²) in [4.78, 5) is 17.2. The molecule has 0 spiro atoms. The standard InChI is InChI=1S/C17H19N3O/c18-10-11-20(14-8-9-14)17(21)7-3-4-13-12-19-16-6-2-1-5-15(13)16/h1-2,5-6,12,14,19H,3-4,7-9,11H2. The molecule has 0 bridgehead atoms. The molecule has 4 heteroatoms. The number of carbonyl (C=O) groups is 1. The van der Waals surface area contributed by atoms with Crippen LogP contribution in [0, 0.1) is 11.3 Å². The summed E-state index contributed by atoms with van der Waals surface area (Å²) in [7, 11) is 0. The molecule has 1 amide bonds. The van der Waals surface area contributed by atoms with Gasteiger partial charge in [-0.25, -0.2) is 0 Å². The van der Waals surface area contributed by atoms with Crippen LogP contribution in [0.5, 0.6) is 0 Å². The van der Waals surface area contributed by atoms with Crippen LogP contribution < -0.4 is 0 Å². The van der Waals surface area contributed by atoms with Gasteiger partial charge in [0.05, 0.1) is 6.07 Å². The summed E-state index contributed by atoms with van der Waals surface area (Å²) in [5.41, 5.74) is 2.40. The monoisotopic (exact) mass is 281 g/mol. The van der Waals surface area contributed by atoms with E-state index in [9.17, 15) is 4.79 Å². The molecule has 108 valence electrons. The Morgan fingerprint density at radius 3 is 2.95 bits per heavy atom. The fraction of sp³-hybridized carbons (Fsp3) is 0.412. The van der Waals surface area contributed by atoms with E-state index >= 15 is 0 Å². The predicted octanol–water partition coefficient (Wildman–Crippen LogP) is 3.01. The average molecular weight is 281 g/mol. The zero-order valence-corrected chi connectivity index (χ0v) is 12.0. The van der Waals surface area contributed by atoms with Gasteiger partial charge in [-0.1, -0.05) is 18.2 Å². The summed E-state index contributed by atoms with van der Waals surface area (Å²) in [5, 5.41) is 10.0. The van der Waals surface area contributed by atoms with E-state index in [4.69, 9.17) is 5.26 Å². The van der Waals surface area contributed by atoms with Crippen molar-refractivity contribution in [3.05, 3.63) is 36.0 Å². The Bertz CT molecular complexity index is 679. The number of aromatic nitrogens is 1. The third-order valence-corrected chi connectivity index (χ3v) is 4.06. The van der Waals surface area contributed by atoms with E-state index in [-0.39, 0.29) is 12.5 Å². The highest BCUT2D eigenvalue weighted by Gasteiger charge is 2.31. The minimum Gasteiger partial charge on any atom is -0.361 e. The molecule has 1 aromatic carbocycles. The molecule has 1 N–H and O–H groups in total. The van der Waals surface area contributed by atoms with Gasteiger partial charge < -0.3 is 9.88 Å². The lowest BCUT2D eigenvalue weighted by atomic mass is 10.1. The van der Waals surface area contributed by atoms with Crippen LogP contribution in [-0.4, -0.2) is 28.4 Å². The Morgan fingerprint density at radius 2 is 2.19 bits per heavy atom. The summed E-state index contributed by atoms with van der Waals surface area (Å²) in [6, 6.07) is 10.6. The van der Waals surface area contributed by atoms with E-state index < -0.39 is 0 Å². The summed E-state index contributed by atoms with van der Waals surface area (Å²) < 4.78 is 0. The van der Waals surface area contributed by atoms with Gasteiger partial charge >= 0.3 is 0 Å². The predicted molar refractivity (Wildman–Crippen MR) is 81.6 cm³/mol. The van der Waals surface area contributed by atoms with Gasteiger partial charge in [0, 0.05) is 29.6 Å². The highest BCUT2D eigenvalue weighted by molar-refractivity contribution is 5.83. The maximum Gasteiger partial charge on any atom is 0.223 e. The lowest BCUT2D eigenvalue weighted by Crippen LogP contribution is -2.33. The second kappa shape index (κ2) is 6.01. The number of fused-ring (bicyclic) bond motifs is 1. The number of nitrogens with one attached hydrogen (secondary N) is 1. The van der Waals surface area contributed by atoms with Gasteiger partial charge in [-0.15, -0.1) is 0 Å². The Balaban J connectivity index is 1.56. The van der Waals surface area contributed by atoms with Crippen molar-refractivity contribution in [2.75, 3.05) is 6.54 Å². The molecule has 2 aromatic rings. The van der Waals surface area contributed by atoms with Crippen molar-refractivity contribution in [3.8, 4) is 6.07 Å². The number of aryl methyl sites for hydroxylation is 1. The molecule has 1 aliphatic carbocycles. The van der Waals surface area contributed by atoms with Gasteiger partial charge in [0.25, 0.3) is 0 Å². The molecule has 1 heterocycles. The molecule has 4 nitrogen and oxygen atoms in total. The van der Waals surface area contributed by atoms with Crippen LogP contribution in [0.3, 0.4) is 0 Å². The Hall–Kier alpha value is -2.28. The third kappa shape index (κ3) is 3.08. The first-order valence-electron chi connectivity index (χ1n) is 7.51. The average Bonchev–Trinajstić information content (AvgIpc) is 3.26. The molecule has 1 saturated carbocycles. The van der Waals surface area contributed by atoms with Crippen molar-refractivity contribution in [2.24, 2.45) is 0 Å². The van der Waals surface area contributed by atoms with Gasteiger partial charge in [-0.2, -0.15) is 5.26 Å². The highest BCUT2D eigenvalue weighted by Crippen LogP contribution is 2.27. The van der Waals surface area contributed by atoms with Crippen LogP contribution in [0.1, 0.15) is 31.2 Å². The number of amides is 1. The number of aromatic amines is 1. The van der Waals surface area contributed by atoms with Gasteiger partial charge in [-0.3, -0.25) is 4.79 Å². The molecule has 0 saturated heterocycles. The van der Waals surface area contributed by atoms with E-state index in [0.29, 0.717) is 12.5 Å². The topological polar surface area (TPSA) is 59.9 Å². The number of nitrogens with zero attached hydrogens (tertiary/aromatic N) is 2. The van der Waals surface area contributed by atoms with Crippen molar-refractivity contribution < 1.29 is 4.79 Å². The zero-order chi connectivity index (χ0) is 14.7. The first-order valence-corrected chi connectivity index (χ1v) is 7.51. The highest BCUT2D eigenvalue weighted by atomic mass is 16.2. The first kappa shape index (κ1) is 13.7. The molecule has 0 aliphatic heterocycles. The quantitative estimate of drug-likeness (QED) is 0.827. The number of hydrogen-bond donors (Lipinski definition) is 1. The van der Waals surface area contributed by atoms with Crippen molar-refractivity contribution in [1.29, 1.82) is 5.26 Å². The van der Waals surface area contributed by atoms with Crippen LogP contribution in [0.4, 0.5) is 0 Å². The molecular weight excluding hydrogens is 262 g/mol. The largest absolute Gasteiger partial charge is 0.361 e. The Kier molecular flexibility index (Phi) is 3.92. The lowest BCUT2D eigenvalue weighted by Gasteiger charge is -2.18. The second-order valence-corrected chi connectivity index (χ2v) is 5.62. The molecule has 1 aromatic heterocycles. The maximum atomic E-state index is 12.2. The number of nitriles is 1. The number of rotatable bonds is 6. The lowest BCUT2D eigenvalue weighted by molar-refractivity contribution is -0.131. The van der Waals surface area contributed by atoms with Gasteiger partial charge in [-0.05, 0) is 37.3 Å². The fourth-order valence-corrected chi connectivity index (χ4v) is 2.80. The van der Waals surface area contributed by atoms with Crippen molar-refractivity contribution in [2.45, 2.75) is 38.1 Å². The summed E-state index contributed by atoms with van der Waals surface area (Å²) in [6.07, 6.45) is 6.38. The maximum absolute atomic E-state index is 12.2. The summed E-state index contributed by atoms with van der Waals surface area (Å²) in [5.74, 6) is 0.124. The van der Waals surface area contributed by atoms with Crippen molar-refractivity contribution in [3.63, 3.8) is 0 Å². The van der Waals surface area contributed by atoms with Crippen LogP contribution in [0.2, 0.25) is 0 Å². The van der Waals surface area contributed by atoms with E-state index in [1.165, 1.54) is 10.9 Å². The van der Waals surface area contributed by atoms with Crippen LogP contribution in [0.25, 0.3) is 10.9 Å².